The molecule has 2 aromatic carbocycles. The van der Waals surface area contributed by atoms with Crippen LogP contribution in [-0.2, 0) is 22.3 Å². The van der Waals surface area contributed by atoms with Crippen molar-refractivity contribution >= 4 is 0 Å². The van der Waals surface area contributed by atoms with Gasteiger partial charge in [0.2, 0.25) is 0 Å². The third-order valence-corrected chi connectivity index (χ3v) is 6.66. The lowest BCUT2D eigenvalue weighted by Crippen LogP contribution is -2.38. The Hall–Kier alpha value is -1.88. The first-order valence-corrected chi connectivity index (χ1v) is 10.9. The molecule has 4 heteroatoms. The average molecular weight is 396 g/mol. The highest BCUT2D eigenvalue weighted by atomic mass is 16.7. The van der Waals surface area contributed by atoms with Gasteiger partial charge in [0.1, 0.15) is 5.75 Å². The molecular formula is C25H33NO3. The molecule has 0 spiro atoms. The summed E-state index contributed by atoms with van der Waals surface area (Å²) in [6.07, 6.45) is 5.44. The van der Waals surface area contributed by atoms with Crippen LogP contribution >= 0.6 is 0 Å². The highest BCUT2D eigenvalue weighted by molar-refractivity contribution is 5.40. The van der Waals surface area contributed by atoms with E-state index in [1.807, 2.05) is 0 Å². The number of methoxy groups -OCH3 is 1. The SMILES string of the molecule is COc1ccc2c(c1)CCC(C(CCCc1ccccc1)C1OCCO1)C2CN. The molecule has 3 unspecified atom stereocenters. The Bertz CT molecular complexity index is 773. The molecule has 156 valence electrons. The molecule has 0 amide bonds. The molecule has 0 bridgehead atoms. The number of rotatable bonds is 8. The van der Waals surface area contributed by atoms with Crippen LogP contribution in [0.5, 0.6) is 5.75 Å². The number of hydrogen-bond acceptors (Lipinski definition) is 4. The summed E-state index contributed by atoms with van der Waals surface area (Å²) < 4.78 is 17.4. The first-order valence-electron chi connectivity index (χ1n) is 10.9. The van der Waals surface area contributed by atoms with Crippen molar-refractivity contribution in [2.75, 3.05) is 26.9 Å². The largest absolute Gasteiger partial charge is 0.497 e. The van der Waals surface area contributed by atoms with Crippen LogP contribution in [0.2, 0.25) is 0 Å². The molecule has 1 aliphatic carbocycles. The zero-order valence-electron chi connectivity index (χ0n) is 17.4. The molecule has 1 heterocycles. The molecule has 0 aromatic heterocycles. The molecule has 0 radical (unpaired) electrons. The van der Waals surface area contributed by atoms with Gasteiger partial charge in [-0.1, -0.05) is 36.4 Å². The summed E-state index contributed by atoms with van der Waals surface area (Å²) >= 11 is 0. The Morgan fingerprint density at radius 1 is 1.10 bits per heavy atom. The van der Waals surface area contributed by atoms with Crippen LogP contribution in [-0.4, -0.2) is 33.2 Å². The Morgan fingerprint density at radius 3 is 2.62 bits per heavy atom. The lowest BCUT2D eigenvalue weighted by molar-refractivity contribution is -0.107. The second kappa shape index (κ2) is 9.75. The maximum absolute atomic E-state index is 6.32. The molecular weight excluding hydrogens is 362 g/mol. The van der Waals surface area contributed by atoms with E-state index >= 15 is 0 Å². The highest BCUT2D eigenvalue weighted by Gasteiger charge is 2.39. The van der Waals surface area contributed by atoms with Crippen LogP contribution < -0.4 is 10.5 Å². The second-order valence-corrected chi connectivity index (χ2v) is 8.26. The van der Waals surface area contributed by atoms with Crippen LogP contribution in [0.1, 0.15) is 41.9 Å². The van der Waals surface area contributed by atoms with Crippen LogP contribution in [0, 0.1) is 11.8 Å². The molecule has 2 aromatic rings. The maximum atomic E-state index is 6.32. The Kier molecular flexibility index (Phi) is 6.86. The predicted molar refractivity (Wildman–Crippen MR) is 115 cm³/mol. The summed E-state index contributed by atoms with van der Waals surface area (Å²) in [6.45, 7) is 2.06. The monoisotopic (exact) mass is 395 g/mol. The lowest BCUT2D eigenvalue weighted by Gasteiger charge is -2.40. The van der Waals surface area contributed by atoms with Crippen molar-refractivity contribution in [3.63, 3.8) is 0 Å². The fourth-order valence-corrected chi connectivity index (χ4v) is 5.22. The standard InChI is InChI=1S/C25H33NO3/c1-27-20-11-13-21-19(16-20)10-12-22(24(21)17-26)23(25-28-14-15-29-25)9-5-8-18-6-3-2-4-7-18/h2-4,6-7,11,13,16,22-25H,5,8-10,12,14-15,17,26H2,1H3. The van der Waals surface area contributed by atoms with Crippen LogP contribution in [0.4, 0.5) is 0 Å². The normalized spacial score (nSPS) is 23.0. The number of ether oxygens (including phenoxy) is 3. The topological polar surface area (TPSA) is 53.7 Å². The van der Waals surface area contributed by atoms with Gasteiger partial charge in [-0.2, -0.15) is 0 Å². The minimum Gasteiger partial charge on any atom is -0.497 e. The third kappa shape index (κ3) is 4.66. The number of nitrogens with two attached hydrogens (primary N) is 1. The Balaban J connectivity index is 1.51. The highest BCUT2D eigenvalue weighted by Crippen LogP contribution is 2.44. The maximum Gasteiger partial charge on any atom is 0.160 e. The van der Waals surface area contributed by atoms with Crippen LogP contribution in [0.25, 0.3) is 0 Å². The van der Waals surface area contributed by atoms with Crippen molar-refractivity contribution in [1.29, 1.82) is 0 Å². The van der Waals surface area contributed by atoms with Crippen molar-refractivity contribution < 1.29 is 14.2 Å². The van der Waals surface area contributed by atoms with Crippen molar-refractivity contribution in [2.45, 2.75) is 44.3 Å². The molecule has 2 aliphatic rings. The van der Waals surface area contributed by atoms with Gasteiger partial charge in [0.05, 0.1) is 20.3 Å². The fourth-order valence-electron chi connectivity index (χ4n) is 5.22. The van der Waals surface area contributed by atoms with Gasteiger partial charge in [-0.15, -0.1) is 0 Å². The van der Waals surface area contributed by atoms with Gasteiger partial charge in [-0.25, -0.2) is 0 Å². The summed E-state index contributed by atoms with van der Waals surface area (Å²) in [4.78, 5) is 0. The second-order valence-electron chi connectivity index (χ2n) is 8.26. The van der Waals surface area contributed by atoms with E-state index in [-0.39, 0.29) is 6.29 Å². The van der Waals surface area contributed by atoms with Crippen molar-refractivity contribution in [3.05, 3.63) is 65.2 Å². The van der Waals surface area contributed by atoms with E-state index in [1.165, 1.54) is 16.7 Å². The summed E-state index contributed by atoms with van der Waals surface area (Å²) in [5.41, 5.74) is 10.5. The molecule has 29 heavy (non-hydrogen) atoms. The number of fused-ring (bicyclic) bond motifs is 1. The minimum atomic E-state index is -0.0929. The molecule has 4 nitrogen and oxygen atoms in total. The molecule has 1 fully saturated rings. The molecule has 1 saturated heterocycles. The molecule has 0 saturated carbocycles. The zero-order valence-corrected chi connectivity index (χ0v) is 17.4. The van der Waals surface area contributed by atoms with Crippen LogP contribution in [0.15, 0.2) is 48.5 Å². The van der Waals surface area contributed by atoms with Crippen LogP contribution in [0.3, 0.4) is 0 Å². The van der Waals surface area contributed by atoms with Gasteiger partial charge in [-0.05, 0) is 79.3 Å². The van der Waals surface area contributed by atoms with E-state index in [4.69, 9.17) is 19.9 Å². The smallest absolute Gasteiger partial charge is 0.160 e. The third-order valence-electron chi connectivity index (χ3n) is 6.66. The van der Waals surface area contributed by atoms with Crippen molar-refractivity contribution in [1.82, 2.24) is 0 Å². The van der Waals surface area contributed by atoms with Crippen molar-refractivity contribution in [3.8, 4) is 5.75 Å². The van der Waals surface area contributed by atoms with Gasteiger partial charge in [0.25, 0.3) is 0 Å². The molecule has 1 aliphatic heterocycles. The summed E-state index contributed by atoms with van der Waals surface area (Å²) in [5, 5.41) is 0. The van der Waals surface area contributed by atoms with E-state index in [9.17, 15) is 0 Å². The first-order chi connectivity index (χ1) is 14.3. The summed E-state index contributed by atoms with van der Waals surface area (Å²) in [6, 6.07) is 17.2. The zero-order chi connectivity index (χ0) is 20.1. The quantitative estimate of drug-likeness (QED) is 0.724. The fraction of sp³-hybridized carbons (Fsp3) is 0.520. The van der Waals surface area contributed by atoms with Gasteiger partial charge in [0, 0.05) is 5.92 Å². The number of benzene rings is 2. The molecule has 4 rings (SSSR count). The average Bonchev–Trinajstić information content (AvgIpc) is 3.31. The van der Waals surface area contributed by atoms with Gasteiger partial charge in [-0.3, -0.25) is 0 Å². The summed E-state index contributed by atoms with van der Waals surface area (Å²) in [7, 11) is 1.73. The Morgan fingerprint density at radius 2 is 1.90 bits per heavy atom. The molecule has 2 N–H and O–H groups in total. The lowest BCUT2D eigenvalue weighted by atomic mass is 9.68. The summed E-state index contributed by atoms with van der Waals surface area (Å²) in [5.74, 6) is 2.14. The first kappa shape index (κ1) is 20.4. The van der Waals surface area contributed by atoms with Crippen molar-refractivity contribution in [2.24, 2.45) is 17.6 Å². The van der Waals surface area contributed by atoms with Gasteiger partial charge in [0.15, 0.2) is 6.29 Å². The Labute approximate surface area is 174 Å². The van der Waals surface area contributed by atoms with Gasteiger partial charge < -0.3 is 19.9 Å². The van der Waals surface area contributed by atoms with E-state index in [0.29, 0.717) is 37.5 Å². The van der Waals surface area contributed by atoms with E-state index in [1.54, 1.807) is 7.11 Å². The van der Waals surface area contributed by atoms with E-state index in [0.717, 1.165) is 37.9 Å². The number of aryl methyl sites for hydroxylation is 2. The van der Waals surface area contributed by atoms with Gasteiger partial charge >= 0.3 is 0 Å². The number of hydrogen-bond donors (Lipinski definition) is 1. The van der Waals surface area contributed by atoms with E-state index in [2.05, 4.69) is 48.5 Å². The van der Waals surface area contributed by atoms with E-state index < -0.39 is 0 Å². The molecule has 3 atom stereocenters. The predicted octanol–water partition coefficient (Wildman–Crippen LogP) is 4.31. The minimum absolute atomic E-state index is 0.0929.